The van der Waals surface area contributed by atoms with Crippen LogP contribution < -0.4 is 16.8 Å². The molecule has 1 aromatic heterocycles. The molecule has 0 bridgehead atoms. The van der Waals surface area contributed by atoms with E-state index >= 15 is 4.39 Å². The van der Waals surface area contributed by atoms with Crippen molar-refractivity contribution in [3.8, 4) is 11.1 Å². The fourth-order valence-corrected chi connectivity index (χ4v) is 3.99. The second kappa shape index (κ2) is 8.87. The molecule has 1 saturated carbocycles. The summed E-state index contributed by atoms with van der Waals surface area (Å²) in [7, 11) is 3.05. The molecule has 1 unspecified atom stereocenters. The second-order valence-electron chi connectivity index (χ2n) is 7.80. The van der Waals surface area contributed by atoms with Crippen molar-refractivity contribution in [2.45, 2.75) is 19.3 Å². The van der Waals surface area contributed by atoms with Gasteiger partial charge in [0, 0.05) is 49.6 Å². The van der Waals surface area contributed by atoms with Gasteiger partial charge >= 0.3 is 0 Å². The summed E-state index contributed by atoms with van der Waals surface area (Å²) in [6, 6.07) is 4.57. The first kappa shape index (κ1) is 21.8. The van der Waals surface area contributed by atoms with Gasteiger partial charge in [0.2, 0.25) is 5.91 Å². The standard InChI is InChI=1S/C21H25ClFN5O2/c1-28(2)21(30)18-16(24)6-5-13(19(18)23)14-10-27-17(8-15(14)22)26-9-11-3-4-12(7-11)20(25)29/h5-6,8,10-12H,3-4,7,9,24H2,1-2H3,(H2,25,29)(H,26,27)/t11?,12-/m0/s1. The molecule has 3 rings (SSSR count). The van der Waals surface area contributed by atoms with Crippen LogP contribution in [0.15, 0.2) is 24.4 Å². The zero-order valence-corrected chi connectivity index (χ0v) is 17.7. The minimum absolute atomic E-state index is 0.0585. The molecule has 1 aliphatic carbocycles. The minimum atomic E-state index is -0.735. The maximum absolute atomic E-state index is 15.1. The van der Waals surface area contributed by atoms with Gasteiger partial charge in [-0.15, -0.1) is 0 Å². The van der Waals surface area contributed by atoms with Gasteiger partial charge < -0.3 is 21.7 Å². The molecule has 0 aliphatic heterocycles. The Balaban J connectivity index is 1.78. The van der Waals surface area contributed by atoms with Gasteiger partial charge in [-0.1, -0.05) is 11.6 Å². The summed E-state index contributed by atoms with van der Waals surface area (Å²) < 4.78 is 15.1. The van der Waals surface area contributed by atoms with Crippen molar-refractivity contribution in [1.82, 2.24) is 9.88 Å². The maximum Gasteiger partial charge on any atom is 0.258 e. The first-order chi connectivity index (χ1) is 14.2. The lowest BCUT2D eigenvalue weighted by atomic mass is 10.0. The van der Waals surface area contributed by atoms with Crippen molar-refractivity contribution in [2.75, 3.05) is 31.7 Å². The Morgan fingerprint density at radius 1 is 1.30 bits per heavy atom. The Kier molecular flexibility index (Phi) is 6.45. The van der Waals surface area contributed by atoms with Crippen LogP contribution in [0.2, 0.25) is 5.02 Å². The number of nitrogens with zero attached hydrogens (tertiary/aromatic N) is 2. The third kappa shape index (κ3) is 4.48. The SMILES string of the molecule is CN(C)C(=O)c1c(N)ccc(-c2cnc(NCC3CC[C@H](C(N)=O)C3)cc2Cl)c1F. The number of halogens is 2. The minimum Gasteiger partial charge on any atom is -0.398 e. The molecule has 5 N–H and O–H groups in total. The lowest BCUT2D eigenvalue weighted by Crippen LogP contribution is -2.24. The van der Waals surface area contributed by atoms with Crippen LogP contribution in [0.1, 0.15) is 29.6 Å². The summed E-state index contributed by atoms with van der Waals surface area (Å²) in [6.07, 6.45) is 3.95. The van der Waals surface area contributed by atoms with E-state index in [4.69, 9.17) is 23.1 Å². The number of nitrogens with one attached hydrogen (secondary N) is 1. The van der Waals surface area contributed by atoms with Gasteiger partial charge in [-0.2, -0.15) is 0 Å². The Morgan fingerprint density at radius 3 is 2.63 bits per heavy atom. The number of amides is 2. The summed E-state index contributed by atoms with van der Waals surface area (Å²) in [5, 5.41) is 3.50. The van der Waals surface area contributed by atoms with E-state index in [0.29, 0.717) is 28.9 Å². The van der Waals surface area contributed by atoms with Crippen molar-refractivity contribution < 1.29 is 14.0 Å². The number of aromatic nitrogens is 1. The first-order valence-electron chi connectivity index (χ1n) is 9.67. The highest BCUT2D eigenvalue weighted by molar-refractivity contribution is 6.33. The van der Waals surface area contributed by atoms with Crippen LogP contribution in [0.5, 0.6) is 0 Å². The zero-order valence-electron chi connectivity index (χ0n) is 16.9. The Morgan fingerprint density at radius 2 is 2.03 bits per heavy atom. The number of nitrogen functional groups attached to an aromatic ring is 1. The van der Waals surface area contributed by atoms with Crippen LogP contribution >= 0.6 is 11.6 Å². The van der Waals surface area contributed by atoms with Gasteiger partial charge in [0.15, 0.2) is 0 Å². The van der Waals surface area contributed by atoms with Crippen molar-refractivity contribution >= 4 is 34.9 Å². The number of pyridine rings is 1. The number of benzene rings is 1. The van der Waals surface area contributed by atoms with Gasteiger partial charge in [-0.25, -0.2) is 9.37 Å². The number of hydrogen-bond acceptors (Lipinski definition) is 5. The highest BCUT2D eigenvalue weighted by Crippen LogP contribution is 2.35. The van der Waals surface area contributed by atoms with Crippen molar-refractivity contribution in [2.24, 2.45) is 17.6 Å². The van der Waals surface area contributed by atoms with Crippen LogP contribution in [0.3, 0.4) is 0 Å². The second-order valence-corrected chi connectivity index (χ2v) is 8.21. The number of carbonyl (C=O) groups excluding carboxylic acids is 2. The fourth-order valence-electron chi connectivity index (χ4n) is 3.73. The zero-order chi connectivity index (χ0) is 22.0. The van der Waals surface area contributed by atoms with Crippen LogP contribution in [0.4, 0.5) is 15.9 Å². The average Bonchev–Trinajstić information content (AvgIpc) is 3.16. The lowest BCUT2D eigenvalue weighted by molar-refractivity contribution is -0.121. The van der Waals surface area contributed by atoms with E-state index in [1.807, 2.05) is 0 Å². The van der Waals surface area contributed by atoms with E-state index in [2.05, 4.69) is 10.3 Å². The van der Waals surface area contributed by atoms with E-state index in [1.165, 1.54) is 37.3 Å². The highest BCUT2D eigenvalue weighted by atomic mass is 35.5. The molecule has 0 saturated heterocycles. The van der Waals surface area contributed by atoms with E-state index in [0.717, 1.165) is 19.3 Å². The summed E-state index contributed by atoms with van der Waals surface area (Å²) in [4.78, 5) is 29.2. The largest absolute Gasteiger partial charge is 0.398 e. The maximum atomic E-state index is 15.1. The number of nitrogens with two attached hydrogens (primary N) is 2. The molecule has 7 nitrogen and oxygen atoms in total. The molecule has 160 valence electrons. The van der Waals surface area contributed by atoms with E-state index in [1.54, 1.807) is 6.07 Å². The normalized spacial score (nSPS) is 18.3. The molecule has 2 atom stereocenters. The summed E-state index contributed by atoms with van der Waals surface area (Å²) in [6.45, 7) is 0.643. The summed E-state index contributed by atoms with van der Waals surface area (Å²) in [5.41, 5.74) is 11.6. The molecular weight excluding hydrogens is 409 g/mol. The lowest BCUT2D eigenvalue weighted by Gasteiger charge is -2.16. The van der Waals surface area contributed by atoms with Gasteiger partial charge in [-0.05, 0) is 43.4 Å². The smallest absolute Gasteiger partial charge is 0.258 e. The first-order valence-corrected chi connectivity index (χ1v) is 10.1. The monoisotopic (exact) mass is 433 g/mol. The molecule has 2 aromatic rings. The quantitative estimate of drug-likeness (QED) is 0.605. The molecular formula is C21H25ClFN5O2. The van der Waals surface area contributed by atoms with Crippen molar-refractivity contribution in [3.05, 3.63) is 40.8 Å². The number of anilines is 2. The third-order valence-electron chi connectivity index (χ3n) is 5.45. The predicted molar refractivity (Wildman–Crippen MR) is 116 cm³/mol. The van der Waals surface area contributed by atoms with Gasteiger partial charge in [0.05, 0.1) is 10.6 Å². The Bertz CT molecular complexity index is 982. The van der Waals surface area contributed by atoms with E-state index < -0.39 is 11.7 Å². The molecule has 0 radical (unpaired) electrons. The molecule has 1 heterocycles. The van der Waals surface area contributed by atoms with Gasteiger partial charge in [0.25, 0.3) is 5.91 Å². The Hall–Kier alpha value is -2.87. The number of hydrogen-bond donors (Lipinski definition) is 3. The summed E-state index contributed by atoms with van der Waals surface area (Å²) in [5.74, 6) is -0.700. The molecule has 1 fully saturated rings. The van der Waals surface area contributed by atoms with Crippen molar-refractivity contribution in [1.29, 1.82) is 0 Å². The van der Waals surface area contributed by atoms with E-state index in [-0.39, 0.29) is 28.6 Å². The van der Waals surface area contributed by atoms with Crippen LogP contribution in [-0.2, 0) is 4.79 Å². The molecule has 30 heavy (non-hydrogen) atoms. The summed E-state index contributed by atoms with van der Waals surface area (Å²) >= 11 is 6.40. The van der Waals surface area contributed by atoms with Crippen LogP contribution in [0.25, 0.3) is 11.1 Å². The van der Waals surface area contributed by atoms with Crippen molar-refractivity contribution in [3.63, 3.8) is 0 Å². The number of carbonyl (C=O) groups is 2. The predicted octanol–water partition coefficient (Wildman–Crippen LogP) is 3.14. The fraction of sp³-hybridized carbons (Fsp3) is 0.381. The third-order valence-corrected chi connectivity index (χ3v) is 5.77. The number of rotatable bonds is 6. The van der Waals surface area contributed by atoms with Gasteiger partial charge in [0.1, 0.15) is 11.6 Å². The van der Waals surface area contributed by atoms with Crippen LogP contribution in [0, 0.1) is 17.7 Å². The van der Waals surface area contributed by atoms with Gasteiger partial charge in [-0.3, -0.25) is 9.59 Å². The number of primary amides is 1. The Labute approximate surface area is 179 Å². The highest BCUT2D eigenvalue weighted by Gasteiger charge is 2.28. The van der Waals surface area contributed by atoms with E-state index in [9.17, 15) is 9.59 Å². The molecule has 2 amide bonds. The average molecular weight is 434 g/mol. The molecule has 1 aromatic carbocycles. The molecule has 9 heteroatoms. The molecule has 0 spiro atoms. The topological polar surface area (TPSA) is 114 Å². The molecule has 1 aliphatic rings. The van der Waals surface area contributed by atoms with Crippen LogP contribution in [-0.4, -0.2) is 42.3 Å².